The molecule has 0 saturated carbocycles. The Morgan fingerprint density at radius 3 is 2.33 bits per heavy atom. The number of hydrogen-bond acceptors (Lipinski definition) is 2. The van der Waals surface area contributed by atoms with Crippen molar-refractivity contribution >= 4 is 11.6 Å². The molecular weight excluding hydrogens is 310 g/mol. The van der Waals surface area contributed by atoms with Crippen LogP contribution in [0.5, 0.6) is 5.75 Å². The zero-order valence-electron chi connectivity index (χ0n) is 11.0. The Labute approximate surface area is 124 Å². The number of hydrogen-bond donors (Lipinski definition) is 1. The molecule has 3 rings (SSSR count). The summed E-state index contributed by atoms with van der Waals surface area (Å²) < 4.78 is 57.6. The van der Waals surface area contributed by atoms with Crippen LogP contribution >= 0.6 is 11.6 Å². The molecule has 2 aliphatic rings. The van der Waals surface area contributed by atoms with Crippen LogP contribution in [0.4, 0.5) is 17.6 Å². The van der Waals surface area contributed by atoms with Gasteiger partial charge in [-0.2, -0.15) is 13.2 Å². The summed E-state index contributed by atoms with van der Waals surface area (Å²) in [5.41, 5.74) is -0.999. The second-order valence-corrected chi connectivity index (χ2v) is 6.02. The summed E-state index contributed by atoms with van der Waals surface area (Å²) in [5.74, 6) is -1.35. The van der Waals surface area contributed by atoms with Crippen LogP contribution in [0.1, 0.15) is 31.2 Å². The standard InChI is InChI=1S/C14H14ClF4NO/c15-11-3-7(14(17,18)19)4-12(13(11)16)21-10-5-8-1-2-9(6-10)20-8/h3-4,8-10,20H,1-2,5-6H2/t8-,9+,10?. The molecule has 1 aromatic rings. The normalized spacial score (nSPS) is 28.7. The zero-order valence-corrected chi connectivity index (χ0v) is 11.8. The first kappa shape index (κ1) is 14.9. The van der Waals surface area contributed by atoms with Gasteiger partial charge in [-0.25, -0.2) is 4.39 Å². The Morgan fingerprint density at radius 2 is 1.76 bits per heavy atom. The van der Waals surface area contributed by atoms with Crippen LogP contribution in [-0.4, -0.2) is 18.2 Å². The Morgan fingerprint density at radius 1 is 1.14 bits per heavy atom. The molecule has 2 heterocycles. The van der Waals surface area contributed by atoms with E-state index in [1.807, 2.05) is 0 Å². The van der Waals surface area contributed by atoms with Gasteiger partial charge in [0, 0.05) is 12.1 Å². The van der Waals surface area contributed by atoms with E-state index in [0.717, 1.165) is 12.8 Å². The van der Waals surface area contributed by atoms with E-state index in [1.54, 1.807) is 0 Å². The highest BCUT2D eigenvalue weighted by Gasteiger charge is 2.36. The van der Waals surface area contributed by atoms with Gasteiger partial charge in [-0.1, -0.05) is 11.6 Å². The fourth-order valence-electron chi connectivity index (χ4n) is 3.09. The number of piperidine rings is 1. The Kier molecular flexibility index (Phi) is 3.78. The topological polar surface area (TPSA) is 21.3 Å². The minimum atomic E-state index is -4.58. The summed E-state index contributed by atoms with van der Waals surface area (Å²) in [6.45, 7) is 0. The molecule has 2 fully saturated rings. The van der Waals surface area contributed by atoms with Gasteiger partial charge in [0.1, 0.15) is 6.10 Å². The van der Waals surface area contributed by atoms with Crippen LogP contribution in [0.3, 0.4) is 0 Å². The lowest BCUT2D eigenvalue weighted by Gasteiger charge is -2.29. The van der Waals surface area contributed by atoms with Crippen LogP contribution in [0.2, 0.25) is 5.02 Å². The van der Waals surface area contributed by atoms with E-state index in [2.05, 4.69) is 5.32 Å². The lowest BCUT2D eigenvalue weighted by molar-refractivity contribution is -0.137. The molecule has 2 saturated heterocycles. The molecule has 0 radical (unpaired) electrons. The van der Waals surface area contributed by atoms with Crippen molar-refractivity contribution in [1.29, 1.82) is 0 Å². The van der Waals surface area contributed by atoms with Gasteiger partial charge in [0.05, 0.1) is 10.6 Å². The molecule has 0 amide bonds. The molecule has 7 heteroatoms. The smallest absolute Gasteiger partial charge is 0.416 e. The third-order valence-corrected chi connectivity index (χ3v) is 4.32. The van der Waals surface area contributed by atoms with Gasteiger partial charge in [-0.05, 0) is 37.8 Å². The minimum absolute atomic E-state index is 0.280. The third-order valence-electron chi connectivity index (χ3n) is 4.05. The molecule has 0 spiro atoms. The van der Waals surface area contributed by atoms with Gasteiger partial charge < -0.3 is 10.1 Å². The number of nitrogens with one attached hydrogen (secondary N) is 1. The minimum Gasteiger partial charge on any atom is -0.487 e. The van der Waals surface area contributed by atoms with Crippen LogP contribution < -0.4 is 10.1 Å². The van der Waals surface area contributed by atoms with Crippen LogP contribution in [0.15, 0.2) is 12.1 Å². The summed E-state index contributed by atoms with van der Waals surface area (Å²) in [5, 5.41) is 2.82. The maximum absolute atomic E-state index is 13.9. The molecule has 0 aliphatic carbocycles. The average molecular weight is 324 g/mol. The molecule has 2 bridgehead atoms. The molecule has 3 atom stereocenters. The number of ether oxygens (including phenoxy) is 1. The monoisotopic (exact) mass is 323 g/mol. The Bertz CT molecular complexity index is 537. The fraction of sp³-hybridized carbons (Fsp3) is 0.571. The van der Waals surface area contributed by atoms with E-state index in [9.17, 15) is 17.6 Å². The fourth-order valence-corrected chi connectivity index (χ4v) is 3.30. The van der Waals surface area contributed by atoms with Gasteiger partial charge in [-0.3, -0.25) is 0 Å². The summed E-state index contributed by atoms with van der Waals surface area (Å²) in [4.78, 5) is 0. The van der Waals surface area contributed by atoms with E-state index >= 15 is 0 Å². The quantitative estimate of drug-likeness (QED) is 0.825. The van der Waals surface area contributed by atoms with Crippen molar-refractivity contribution in [3.05, 3.63) is 28.5 Å². The van der Waals surface area contributed by atoms with E-state index in [0.29, 0.717) is 37.1 Å². The van der Waals surface area contributed by atoms with Crippen molar-refractivity contribution in [2.24, 2.45) is 0 Å². The van der Waals surface area contributed by atoms with Crippen molar-refractivity contribution in [3.8, 4) is 5.75 Å². The second-order valence-electron chi connectivity index (χ2n) is 5.62. The molecule has 116 valence electrons. The number of halogens is 5. The van der Waals surface area contributed by atoms with Gasteiger partial charge in [0.2, 0.25) is 0 Å². The molecule has 2 nitrogen and oxygen atoms in total. The number of alkyl halides is 3. The third kappa shape index (κ3) is 3.11. The number of rotatable bonds is 2. The predicted octanol–water partition coefficient (Wildman–Crippen LogP) is 4.16. The van der Waals surface area contributed by atoms with Crippen molar-refractivity contribution < 1.29 is 22.3 Å². The molecule has 1 aromatic carbocycles. The van der Waals surface area contributed by atoms with Crippen molar-refractivity contribution in [2.45, 2.75) is 50.0 Å². The number of fused-ring (bicyclic) bond motifs is 2. The van der Waals surface area contributed by atoms with E-state index < -0.39 is 28.3 Å². The summed E-state index contributed by atoms with van der Waals surface area (Å²) in [6.07, 6.45) is -1.47. The first-order chi connectivity index (χ1) is 9.83. The molecule has 0 aromatic heterocycles. The second kappa shape index (κ2) is 5.32. The van der Waals surface area contributed by atoms with Crippen molar-refractivity contribution in [3.63, 3.8) is 0 Å². The predicted molar refractivity (Wildman–Crippen MR) is 70.0 cm³/mol. The maximum Gasteiger partial charge on any atom is 0.416 e. The van der Waals surface area contributed by atoms with Crippen molar-refractivity contribution in [1.82, 2.24) is 5.32 Å². The SMILES string of the molecule is Fc1c(Cl)cc(C(F)(F)F)cc1OC1C[C@H]2CC[C@@H](C1)N2. The number of benzene rings is 1. The summed E-state index contributed by atoms with van der Waals surface area (Å²) >= 11 is 5.55. The highest BCUT2D eigenvalue weighted by atomic mass is 35.5. The maximum atomic E-state index is 13.9. The van der Waals surface area contributed by atoms with Crippen LogP contribution in [0, 0.1) is 5.82 Å². The van der Waals surface area contributed by atoms with Gasteiger partial charge in [0.25, 0.3) is 0 Å². The zero-order chi connectivity index (χ0) is 15.2. The first-order valence-electron chi connectivity index (χ1n) is 6.82. The highest BCUT2D eigenvalue weighted by molar-refractivity contribution is 6.31. The van der Waals surface area contributed by atoms with Gasteiger partial charge in [0.15, 0.2) is 11.6 Å². The van der Waals surface area contributed by atoms with E-state index in [1.165, 1.54) is 0 Å². The van der Waals surface area contributed by atoms with Gasteiger partial charge >= 0.3 is 6.18 Å². The van der Waals surface area contributed by atoms with E-state index in [4.69, 9.17) is 16.3 Å². The molecule has 21 heavy (non-hydrogen) atoms. The van der Waals surface area contributed by atoms with Crippen LogP contribution in [0.25, 0.3) is 0 Å². The van der Waals surface area contributed by atoms with E-state index in [-0.39, 0.29) is 6.10 Å². The van der Waals surface area contributed by atoms with Crippen molar-refractivity contribution in [2.75, 3.05) is 0 Å². The highest BCUT2D eigenvalue weighted by Crippen LogP contribution is 2.38. The largest absolute Gasteiger partial charge is 0.487 e. The first-order valence-corrected chi connectivity index (χ1v) is 7.19. The lowest BCUT2D eigenvalue weighted by Crippen LogP contribution is -2.42. The van der Waals surface area contributed by atoms with Crippen LogP contribution in [-0.2, 0) is 6.18 Å². The molecule has 1 N–H and O–H groups in total. The summed E-state index contributed by atoms with van der Waals surface area (Å²) in [7, 11) is 0. The molecule has 1 unspecified atom stereocenters. The molecular formula is C14H14ClF4NO. The molecule has 2 aliphatic heterocycles. The van der Waals surface area contributed by atoms with Gasteiger partial charge in [-0.15, -0.1) is 0 Å². The Hall–Kier alpha value is -1.01. The lowest BCUT2D eigenvalue weighted by atomic mass is 10.0. The average Bonchev–Trinajstić information content (AvgIpc) is 2.73. The Balaban J connectivity index is 1.83. The summed E-state index contributed by atoms with van der Waals surface area (Å²) in [6, 6.07) is 1.87.